The van der Waals surface area contributed by atoms with Crippen LogP contribution in [0.4, 0.5) is 14.5 Å². The zero-order valence-corrected chi connectivity index (χ0v) is 12.4. The molecule has 2 aromatic rings. The van der Waals surface area contributed by atoms with Crippen LogP contribution >= 0.6 is 0 Å². The van der Waals surface area contributed by atoms with Crippen LogP contribution in [-0.4, -0.2) is 17.5 Å². The second-order valence-electron chi connectivity index (χ2n) is 5.44. The second kappa shape index (κ2) is 6.73. The van der Waals surface area contributed by atoms with Crippen molar-refractivity contribution in [2.75, 3.05) is 11.9 Å². The average molecular weight is 318 g/mol. The van der Waals surface area contributed by atoms with Crippen molar-refractivity contribution in [3.63, 3.8) is 0 Å². The lowest BCUT2D eigenvalue weighted by Crippen LogP contribution is -2.21. The van der Waals surface area contributed by atoms with E-state index in [1.807, 2.05) is 0 Å². The third kappa shape index (κ3) is 3.83. The Hall–Kier alpha value is -2.50. The smallest absolute Gasteiger partial charge is 0.262 e. The Morgan fingerprint density at radius 3 is 2.70 bits per heavy atom. The molecule has 0 unspecified atom stereocenters. The van der Waals surface area contributed by atoms with Gasteiger partial charge in [-0.05, 0) is 43.9 Å². The fourth-order valence-corrected chi connectivity index (χ4v) is 2.69. The van der Waals surface area contributed by atoms with Gasteiger partial charge < -0.3 is 10.1 Å². The monoisotopic (exact) mass is 318 g/mol. The zero-order valence-electron chi connectivity index (χ0n) is 12.4. The highest BCUT2D eigenvalue weighted by atomic mass is 19.1. The number of carbonyl (C=O) groups excluding carboxylic acids is 1. The number of pyridine rings is 1. The molecule has 0 spiro atoms. The van der Waals surface area contributed by atoms with E-state index < -0.39 is 17.5 Å². The van der Waals surface area contributed by atoms with Crippen LogP contribution in [0.5, 0.6) is 5.75 Å². The molecule has 3 rings (SSSR count). The lowest BCUT2D eigenvalue weighted by atomic mass is 9.95. The van der Waals surface area contributed by atoms with Crippen molar-refractivity contribution in [2.45, 2.75) is 25.7 Å². The van der Waals surface area contributed by atoms with E-state index >= 15 is 0 Å². The molecular formula is C17H16F2N2O2. The van der Waals surface area contributed by atoms with Crippen molar-refractivity contribution in [3.8, 4) is 5.75 Å². The fraction of sp³-hybridized carbons (Fsp3) is 0.294. The summed E-state index contributed by atoms with van der Waals surface area (Å²) in [5.74, 6) is -1.32. The zero-order chi connectivity index (χ0) is 16.2. The molecule has 1 aromatic heterocycles. The predicted octanol–water partition coefficient (Wildman–Crippen LogP) is 3.26. The van der Waals surface area contributed by atoms with Gasteiger partial charge in [0.15, 0.2) is 6.61 Å². The molecular weight excluding hydrogens is 302 g/mol. The normalized spacial score (nSPS) is 13.3. The number of aryl methyl sites for hydroxylation is 1. The molecule has 1 heterocycles. The number of rotatable bonds is 4. The predicted molar refractivity (Wildman–Crippen MR) is 81.4 cm³/mol. The fourth-order valence-electron chi connectivity index (χ4n) is 2.69. The van der Waals surface area contributed by atoms with Crippen LogP contribution in [0.2, 0.25) is 0 Å². The minimum atomic E-state index is -0.746. The molecule has 120 valence electrons. The van der Waals surface area contributed by atoms with Gasteiger partial charge in [0.25, 0.3) is 5.91 Å². The summed E-state index contributed by atoms with van der Waals surface area (Å²) in [5, 5.41) is 2.41. The van der Waals surface area contributed by atoms with E-state index in [0.29, 0.717) is 5.75 Å². The number of benzene rings is 1. The van der Waals surface area contributed by atoms with Crippen LogP contribution in [0.15, 0.2) is 30.5 Å². The molecule has 6 heteroatoms. The molecule has 1 aromatic carbocycles. The first-order valence-electron chi connectivity index (χ1n) is 7.47. The molecule has 0 saturated heterocycles. The van der Waals surface area contributed by atoms with Gasteiger partial charge in [-0.2, -0.15) is 0 Å². The van der Waals surface area contributed by atoms with Crippen LogP contribution in [-0.2, 0) is 17.6 Å². The Bertz CT molecular complexity index is 714. The van der Waals surface area contributed by atoms with Gasteiger partial charge in [-0.1, -0.05) is 0 Å². The first kappa shape index (κ1) is 15.4. The topological polar surface area (TPSA) is 51.2 Å². The summed E-state index contributed by atoms with van der Waals surface area (Å²) in [6.45, 7) is -0.228. The van der Waals surface area contributed by atoms with E-state index in [2.05, 4.69) is 10.3 Å². The third-order valence-electron chi connectivity index (χ3n) is 3.70. The summed E-state index contributed by atoms with van der Waals surface area (Å²) >= 11 is 0. The van der Waals surface area contributed by atoms with Crippen LogP contribution in [0.1, 0.15) is 24.1 Å². The standard InChI is InChI=1S/C17H16F2N2O2/c18-11-7-12(19)9-13(8-11)21-17(22)10-23-16-5-6-20-15-4-2-1-3-14(15)16/h5-9H,1-4,10H2,(H,21,22). The number of ether oxygens (including phenoxy) is 1. The van der Waals surface area contributed by atoms with Crippen molar-refractivity contribution in [1.29, 1.82) is 0 Å². The quantitative estimate of drug-likeness (QED) is 0.941. The number of hydrogen-bond acceptors (Lipinski definition) is 3. The van der Waals surface area contributed by atoms with Gasteiger partial charge in [0.05, 0.1) is 0 Å². The maximum Gasteiger partial charge on any atom is 0.262 e. The van der Waals surface area contributed by atoms with Gasteiger partial charge in [-0.25, -0.2) is 8.78 Å². The summed E-state index contributed by atoms with van der Waals surface area (Å²) in [5.41, 5.74) is 2.12. The van der Waals surface area contributed by atoms with Gasteiger partial charge in [-0.3, -0.25) is 9.78 Å². The van der Waals surface area contributed by atoms with E-state index in [-0.39, 0.29) is 12.3 Å². The minimum absolute atomic E-state index is 0.0628. The summed E-state index contributed by atoms with van der Waals surface area (Å²) < 4.78 is 31.7. The van der Waals surface area contributed by atoms with Crippen molar-refractivity contribution in [3.05, 3.63) is 53.4 Å². The number of carbonyl (C=O) groups is 1. The highest BCUT2D eigenvalue weighted by molar-refractivity contribution is 5.91. The van der Waals surface area contributed by atoms with E-state index in [4.69, 9.17) is 4.74 Å². The lowest BCUT2D eigenvalue weighted by molar-refractivity contribution is -0.118. The van der Waals surface area contributed by atoms with Crippen molar-refractivity contribution in [2.24, 2.45) is 0 Å². The maximum atomic E-state index is 13.1. The molecule has 0 radical (unpaired) electrons. The van der Waals surface area contributed by atoms with Crippen LogP contribution in [0.25, 0.3) is 0 Å². The van der Waals surface area contributed by atoms with Crippen molar-refractivity contribution in [1.82, 2.24) is 4.98 Å². The lowest BCUT2D eigenvalue weighted by Gasteiger charge is -2.18. The summed E-state index contributed by atoms with van der Waals surface area (Å²) in [6.07, 6.45) is 5.65. The minimum Gasteiger partial charge on any atom is -0.483 e. The van der Waals surface area contributed by atoms with Crippen LogP contribution in [0, 0.1) is 11.6 Å². The number of nitrogens with one attached hydrogen (secondary N) is 1. The number of amides is 1. The second-order valence-corrected chi connectivity index (χ2v) is 5.44. The SMILES string of the molecule is O=C(COc1ccnc2c1CCCC2)Nc1cc(F)cc(F)c1. The van der Waals surface area contributed by atoms with E-state index in [9.17, 15) is 13.6 Å². The number of nitrogens with zero attached hydrogens (tertiary/aromatic N) is 1. The Labute approximate surface area is 132 Å². The molecule has 0 aliphatic heterocycles. The number of aromatic nitrogens is 1. The van der Waals surface area contributed by atoms with Crippen LogP contribution < -0.4 is 10.1 Å². The Kier molecular flexibility index (Phi) is 4.50. The average Bonchev–Trinajstić information content (AvgIpc) is 2.52. The number of fused-ring (bicyclic) bond motifs is 1. The Morgan fingerprint density at radius 2 is 1.91 bits per heavy atom. The number of halogens is 2. The molecule has 0 bridgehead atoms. The molecule has 0 saturated carbocycles. The molecule has 4 nitrogen and oxygen atoms in total. The van der Waals surface area contributed by atoms with Crippen molar-refractivity contribution >= 4 is 11.6 Å². The first-order chi connectivity index (χ1) is 11.1. The summed E-state index contributed by atoms with van der Waals surface area (Å²) in [4.78, 5) is 16.2. The molecule has 0 fully saturated rings. The van der Waals surface area contributed by atoms with Crippen LogP contribution in [0.3, 0.4) is 0 Å². The maximum absolute atomic E-state index is 13.1. The third-order valence-corrected chi connectivity index (χ3v) is 3.70. The van der Waals surface area contributed by atoms with Crippen molar-refractivity contribution < 1.29 is 18.3 Å². The summed E-state index contributed by atoms with van der Waals surface area (Å²) in [6, 6.07) is 4.58. The van der Waals surface area contributed by atoms with Gasteiger partial charge in [0, 0.05) is 29.2 Å². The molecule has 23 heavy (non-hydrogen) atoms. The van der Waals surface area contributed by atoms with Gasteiger partial charge in [-0.15, -0.1) is 0 Å². The Balaban J connectivity index is 1.63. The number of hydrogen-bond donors (Lipinski definition) is 1. The van der Waals surface area contributed by atoms with Gasteiger partial charge in [0.2, 0.25) is 0 Å². The Morgan fingerprint density at radius 1 is 1.17 bits per heavy atom. The molecule has 1 aliphatic carbocycles. The molecule has 1 N–H and O–H groups in total. The van der Waals surface area contributed by atoms with E-state index in [0.717, 1.165) is 55.1 Å². The highest BCUT2D eigenvalue weighted by Crippen LogP contribution is 2.27. The molecule has 1 amide bonds. The van der Waals surface area contributed by atoms with E-state index in [1.54, 1.807) is 12.3 Å². The number of anilines is 1. The molecule has 1 aliphatic rings. The molecule has 0 atom stereocenters. The van der Waals surface area contributed by atoms with E-state index in [1.165, 1.54) is 0 Å². The summed E-state index contributed by atoms with van der Waals surface area (Å²) in [7, 11) is 0. The largest absolute Gasteiger partial charge is 0.483 e. The first-order valence-corrected chi connectivity index (χ1v) is 7.47. The van der Waals surface area contributed by atoms with Gasteiger partial charge >= 0.3 is 0 Å². The van der Waals surface area contributed by atoms with Gasteiger partial charge in [0.1, 0.15) is 17.4 Å². The highest BCUT2D eigenvalue weighted by Gasteiger charge is 2.16.